The molecule has 1 aromatic carbocycles. The monoisotopic (exact) mass is 267 g/mol. The summed E-state index contributed by atoms with van der Waals surface area (Å²) in [5.74, 6) is 0. The molecule has 0 unspecified atom stereocenters. The molecule has 0 aliphatic heterocycles. The zero-order chi connectivity index (χ0) is 13.8. The highest BCUT2D eigenvalue weighted by molar-refractivity contribution is 5.45. The van der Waals surface area contributed by atoms with E-state index in [-0.39, 0.29) is 0 Å². The predicted molar refractivity (Wildman–Crippen MR) is 77.8 cm³/mol. The maximum atomic E-state index is 5.56. The van der Waals surface area contributed by atoms with E-state index in [2.05, 4.69) is 36.1 Å². The van der Waals surface area contributed by atoms with Crippen molar-refractivity contribution in [3.63, 3.8) is 0 Å². The summed E-state index contributed by atoms with van der Waals surface area (Å²) in [7, 11) is 1.67. The Labute approximate surface area is 116 Å². The molecule has 0 atom stereocenters. The van der Waals surface area contributed by atoms with Gasteiger partial charge in [0.15, 0.2) is 0 Å². The summed E-state index contributed by atoms with van der Waals surface area (Å²) in [6, 6.07) is 10.4. The summed E-state index contributed by atoms with van der Waals surface area (Å²) in [6.07, 6.45) is 0. The van der Waals surface area contributed by atoms with E-state index in [0.717, 1.165) is 19.7 Å². The molecule has 108 valence electrons. The van der Waals surface area contributed by atoms with Crippen molar-refractivity contribution in [2.24, 2.45) is 0 Å². The lowest BCUT2D eigenvalue weighted by atomic mass is 10.3. The highest BCUT2D eigenvalue weighted by atomic mass is 16.5. The van der Waals surface area contributed by atoms with Crippen LogP contribution in [0.25, 0.3) is 0 Å². The summed E-state index contributed by atoms with van der Waals surface area (Å²) < 4.78 is 15.8. The SMILES string of the molecule is CCN(CCOCCOCCOC)c1ccccc1. The van der Waals surface area contributed by atoms with Crippen LogP contribution in [0.5, 0.6) is 0 Å². The number of benzene rings is 1. The minimum Gasteiger partial charge on any atom is -0.382 e. The molecule has 0 N–H and O–H groups in total. The number of rotatable bonds is 11. The van der Waals surface area contributed by atoms with E-state index >= 15 is 0 Å². The molecular weight excluding hydrogens is 242 g/mol. The third kappa shape index (κ3) is 7.15. The van der Waals surface area contributed by atoms with Crippen molar-refractivity contribution in [1.29, 1.82) is 0 Å². The van der Waals surface area contributed by atoms with Crippen LogP contribution in [0, 0.1) is 0 Å². The van der Waals surface area contributed by atoms with Gasteiger partial charge in [0.2, 0.25) is 0 Å². The Hall–Kier alpha value is -1.10. The van der Waals surface area contributed by atoms with Gasteiger partial charge in [-0.25, -0.2) is 0 Å². The molecule has 0 saturated carbocycles. The van der Waals surface area contributed by atoms with Crippen molar-refractivity contribution < 1.29 is 14.2 Å². The normalized spacial score (nSPS) is 10.6. The molecule has 1 aromatic rings. The Morgan fingerprint density at radius 2 is 1.53 bits per heavy atom. The Balaban J connectivity index is 2.07. The van der Waals surface area contributed by atoms with Crippen molar-refractivity contribution in [3.05, 3.63) is 30.3 Å². The number of hydrogen-bond donors (Lipinski definition) is 0. The molecule has 4 nitrogen and oxygen atoms in total. The fraction of sp³-hybridized carbons (Fsp3) is 0.600. The molecule has 0 spiro atoms. The molecule has 0 radical (unpaired) electrons. The maximum Gasteiger partial charge on any atom is 0.0701 e. The first kappa shape index (κ1) is 16.0. The van der Waals surface area contributed by atoms with Crippen LogP contribution < -0.4 is 4.90 Å². The summed E-state index contributed by atoms with van der Waals surface area (Å²) in [5.41, 5.74) is 1.24. The van der Waals surface area contributed by atoms with Crippen LogP contribution in [-0.4, -0.2) is 53.2 Å². The zero-order valence-corrected chi connectivity index (χ0v) is 12.0. The fourth-order valence-electron chi connectivity index (χ4n) is 1.75. The first-order valence-electron chi connectivity index (χ1n) is 6.83. The van der Waals surface area contributed by atoms with E-state index in [1.165, 1.54) is 5.69 Å². The molecule has 0 bridgehead atoms. The van der Waals surface area contributed by atoms with Gasteiger partial charge >= 0.3 is 0 Å². The molecule has 1 rings (SSSR count). The number of likely N-dealkylation sites (N-methyl/N-ethyl adjacent to an activating group) is 1. The second-order valence-electron chi connectivity index (χ2n) is 4.13. The van der Waals surface area contributed by atoms with Crippen LogP contribution in [0.3, 0.4) is 0 Å². The first-order chi connectivity index (χ1) is 9.38. The summed E-state index contributed by atoms with van der Waals surface area (Å²) >= 11 is 0. The summed E-state index contributed by atoms with van der Waals surface area (Å²) in [4.78, 5) is 2.30. The van der Waals surface area contributed by atoms with Crippen LogP contribution in [0.2, 0.25) is 0 Å². The minimum absolute atomic E-state index is 0.626. The Kier molecular flexibility index (Phi) is 9.06. The van der Waals surface area contributed by atoms with E-state index in [0.29, 0.717) is 26.4 Å². The van der Waals surface area contributed by atoms with Crippen LogP contribution in [0.15, 0.2) is 30.3 Å². The third-order valence-corrected chi connectivity index (χ3v) is 2.81. The van der Waals surface area contributed by atoms with Crippen molar-refractivity contribution in [2.75, 3.05) is 58.1 Å². The highest BCUT2D eigenvalue weighted by Gasteiger charge is 2.02. The fourth-order valence-corrected chi connectivity index (χ4v) is 1.75. The van der Waals surface area contributed by atoms with Crippen LogP contribution in [0.4, 0.5) is 5.69 Å². The lowest BCUT2D eigenvalue weighted by Gasteiger charge is -2.22. The quantitative estimate of drug-likeness (QED) is 0.575. The number of para-hydroxylation sites is 1. The Morgan fingerprint density at radius 3 is 2.16 bits per heavy atom. The second-order valence-corrected chi connectivity index (χ2v) is 4.13. The van der Waals surface area contributed by atoms with Gasteiger partial charge in [-0.05, 0) is 19.1 Å². The lowest BCUT2D eigenvalue weighted by molar-refractivity contribution is 0.0265. The first-order valence-corrected chi connectivity index (χ1v) is 6.83. The van der Waals surface area contributed by atoms with Crippen LogP contribution in [0.1, 0.15) is 6.92 Å². The summed E-state index contributed by atoms with van der Waals surface area (Å²) in [5, 5.41) is 0. The molecule has 0 fully saturated rings. The van der Waals surface area contributed by atoms with Gasteiger partial charge in [0.25, 0.3) is 0 Å². The molecule has 4 heteroatoms. The van der Waals surface area contributed by atoms with Crippen molar-refractivity contribution >= 4 is 5.69 Å². The third-order valence-electron chi connectivity index (χ3n) is 2.81. The van der Waals surface area contributed by atoms with Gasteiger partial charge in [-0.1, -0.05) is 18.2 Å². The number of nitrogens with zero attached hydrogens (tertiary/aromatic N) is 1. The predicted octanol–water partition coefficient (Wildman–Crippen LogP) is 2.19. The number of hydrogen-bond acceptors (Lipinski definition) is 4. The number of ether oxygens (including phenoxy) is 3. The molecule has 0 saturated heterocycles. The topological polar surface area (TPSA) is 30.9 Å². The van der Waals surface area contributed by atoms with E-state index < -0.39 is 0 Å². The largest absolute Gasteiger partial charge is 0.382 e. The zero-order valence-electron chi connectivity index (χ0n) is 12.0. The number of methoxy groups -OCH3 is 1. The van der Waals surface area contributed by atoms with Gasteiger partial charge in [0.1, 0.15) is 0 Å². The van der Waals surface area contributed by atoms with Crippen molar-refractivity contribution in [2.45, 2.75) is 6.92 Å². The highest BCUT2D eigenvalue weighted by Crippen LogP contribution is 2.11. The smallest absolute Gasteiger partial charge is 0.0701 e. The van der Waals surface area contributed by atoms with E-state index in [9.17, 15) is 0 Å². The summed E-state index contributed by atoms with van der Waals surface area (Å²) in [6.45, 7) is 7.28. The van der Waals surface area contributed by atoms with Gasteiger partial charge in [0, 0.05) is 25.9 Å². The van der Waals surface area contributed by atoms with Crippen LogP contribution >= 0.6 is 0 Å². The average Bonchev–Trinajstić information content (AvgIpc) is 2.47. The van der Waals surface area contributed by atoms with Gasteiger partial charge in [0.05, 0.1) is 33.0 Å². The maximum absolute atomic E-state index is 5.56. The molecule has 0 aliphatic carbocycles. The van der Waals surface area contributed by atoms with Gasteiger partial charge in [-0.15, -0.1) is 0 Å². The minimum atomic E-state index is 0.626. The second kappa shape index (κ2) is 10.8. The van der Waals surface area contributed by atoms with Crippen molar-refractivity contribution in [3.8, 4) is 0 Å². The standard InChI is InChI=1S/C15H25NO3/c1-3-16(15-7-5-4-6-8-15)9-10-18-13-14-19-12-11-17-2/h4-8H,3,9-14H2,1-2H3. The molecular formula is C15H25NO3. The molecule has 0 heterocycles. The molecule has 0 aliphatic rings. The average molecular weight is 267 g/mol. The van der Waals surface area contributed by atoms with Crippen LogP contribution in [-0.2, 0) is 14.2 Å². The number of anilines is 1. The van der Waals surface area contributed by atoms with E-state index in [4.69, 9.17) is 14.2 Å². The van der Waals surface area contributed by atoms with Gasteiger partial charge in [-0.2, -0.15) is 0 Å². The Bertz CT molecular complexity index is 306. The van der Waals surface area contributed by atoms with Gasteiger partial charge < -0.3 is 19.1 Å². The van der Waals surface area contributed by atoms with Gasteiger partial charge in [-0.3, -0.25) is 0 Å². The molecule has 0 amide bonds. The lowest BCUT2D eigenvalue weighted by Crippen LogP contribution is -2.27. The van der Waals surface area contributed by atoms with E-state index in [1.54, 1.807) is 7.11 Å². The van der Waals surface area contributed by atoms with E-state index in [1.807, 2.05) is 6.07 Å². The molecule has 19 heavy (non-hydrogen) atoms. The Morgan fingerprint density at radius 1 is 0.895 bits per heavy atom. The van der Waals surface area contributed by atoms with Crippen molar-refractivity contribution in [1.82, 2.24) is 0 Å². The molecule has 0 aromatic heterocycles.